The molecule has 6 heteroatoms. The molecule has 2 aromatic carbocycles. The summed E-state index contributed by atoms with van der Waals surface area (Å²) in [7, 11) is 0. The minimum atomic E-state index is -1.33. The Morgan fingerprint density at radius 3 is 2.28 bits per heavy atom. The van der Waals surface area contributed by atoms with Gasteiger partial charge in [-0.2, -0.15) is 0 Å². The first-order valence-electron chi connectivity index (χ1n) is 9.76. The molecule has 0 spiro atoms. The van der Waals surface area contributed by atoms with Gasteiger partial charge in [0.25, 0.3) is 0 Å². The van der Waals surface area contributed by atoms with Crippen LogP contribution < -0.4 is 0 Å². The van der Waals surface area contributed by atoms with Gasteiger partial charge in [-0.1, -0.05) is 60.7 Å². The van der Waals surface area contributed by atoms with E-state index in [2.05, 4.69) is 0 Å². The Balaban J connectivity index is 2.13. The second-order valence-electron chi connectivity index (χ2n) is 8.33. The largest absolute Gasteiger partial charge is 0.458 e. The van der Waals surface area contributed by atoms with Gasteiger partial charge in [0.1, 0.15) is 5.60 Å². The highest BCUT2D eigenvalue weighted by Gasteiger charge is 2.53. The predicted octanol–water partition coefficient (Wildman–Crippen LogP) is 4.41. The summed E-state index contributed by atoms with van der Waals surface area (Å²) in [5.41, 5.74) is 0.373. The van der Waals surface area contributed by atoms with Gasteiger partial charge in [-0.25, -0.2) is 4.79 Å². The Morgan fingerprint density at radius 2 is 1.72 bits per heavy atom. The highest BCUT2D eigenvalue weighted by Crippen LogP contribution is 2.42. The third-order valence-electron chi connectivity index (χ3n) is 5.05. The van der Waals surface area contributed by atoms with Crippen molar-refractivity contribution < 1.29 is 14.5 Å². The first-order chi connectivity index (χ1) is 13.7. The van der Waals surface area contributed by atoms with Gasteiger partial charge in [0.2, 0.25) is 6.54 Å². The summed E-state index contributed by atoms with van der Waals surface area (Å²) in [5, 5.41) is 11.5. The first kappa shape index (κ1) is 20.7. The van der Waals surface area contributed by atoms with Crippen molar-refractivity contribution in [1.82, 2.24) is 0 Å². The maximum atomic E-state index is 13.4. The molecule has 152 valence electrons. The van der Waals surface area contributed by atoms with E-state index in [9.17, 15) is 14.9 Å². The quantitative estimate of drug-likeness (QED) is 0.413. The topological polar surface area (TPSA) is 81.8 Å². The summed E-state index contributed by atoms with van der Waals surface area (Å²) in [5.74, 6) is -1.22. The maximum absolute atomic E-state index is 13.4. The number of aliphatic imine (C=N–C) groups is 1. The summed E-state index contributed by atoms with van der Waals surface area (Å²) in [6.45, 7) is 4.98. The van der Waals surface area contributed by atoms with Gasteiger partial charge in [-0.3, -0.25) is 15.1 Å². The van der Waals surface area contributed by atoms with E-state index in [-0.39, 0.29) is 4.92 Å². The molecule has 0 saturated heterocycles. The van der Waals surface area contributed by atoms with Gasteiger partial charge < -0.3 is 4.74 Å². The number of hydrogen-bond donors (Lipinski definition) is 0. The number of benzene rings is 2. The zero-order valence-electron chi connectivity index (χ0n) is 17.0. The Hall–Kier alpha value is -3.02. The van der Waals surface area contributed by atoms with Gasteiger partial charge >= 0.3 is 5.97 Å². The normalized spacial score (nSPS) is 20.0. The minimum Gasteiger partial charge on any atom is -0.458 e. The average molecular weight is 394 g/mol. The van der Waals surface area contributed by atoms with Gasteiger partial charge in [-0.15, -0.1) is 0 Å². The summed E-state index contributed by atoms with van der Waals surface area (Å²) in [6.07, 6.45) is 0.934. The average Bonchev–Trinajstić information content (AvgIpc) is 3.13. The molecule has 0 bridgehead atoms. The second-order valence-corrected chi connectivity index (χ2v) is 8.33. The lowest BCUT2D eigenvalue weighted by Gasteiger charge is -2.33. The number of esters is 1. The van der Waals surface area contributed by atoms with Crippen molar-refractivity contribution in [2.24, 2.45) is 4.99 Å². The van der Waals surface area contributed by atoms with Crippen LogP contribution in [0.2, 0.25) is 0 Å². The third kappa shape index (κ3) is 4.70. The van der Waals surface area contributed by atoms with Crippen molar-refractivity contribution >= 4 is 11.7 Å². The molecule has 0 amide bonds. The number of ether oxygens (including phenoxy) is 1. The van der Waals surface area contributed by atoms with Crippen LogP contribution in [-0.2, 0) is 9.53 Å². The lowest BCUT2D eigenvalue weighted by atomic mass is 9.77. The van der Waals surface area contributed by atoms with Crippen LogP contribution in [0.15, 0.2) is 65.7 Å². The molecule has 1 aliphatic heterocycles. The zero-order valence-corrected chi connectivity index (χ0v) is 17.0. The SMILES string of the molecule is CC(C)(C)OC(=O)[C@]1([C@@H](C[N+](=O)[O-])c2ccccc2)CCC(c2ccccc2)=N1. The Bertz CT molecular complexity index is 903. The van der Waals surface area contributed by atoms with Crippen LogP contribution in [0.5, 0.6) is 0 Å². The monoisotopic (exact) mass is 394 g/mol. The number of hydrogen-bond acceptors (Lipinski definition) is 5. The van der Waals surface area contributed by atoms with Gasteiger partial charge in [0.15, 0.2) is 5.54 Å². The molecule has 0 saturated carbocycles. The van der Waals surface area contributed by atoms with Crippen molar-refractivity contribution in [3.05, 3.63) is 81.9 Å². The molecule has 0 fully saturated rings. The molecular formula is C23H26N2O4. The number of nitrogens with zero attached hydrogens (tertiary/aromatic N) is 2. The number of rotatable bonds is 6. The van der Waals surface area contributed by atoms with E-state index in [1.807, 2.05) is 60.7 Å². The molecule has 1 heterocycles. The van der Waals surface area contributed by atoms with Gasteiger partial charge in [0, 0.05) is 10.6 Å². The Kier molecular flexibility index (Phi) is 5.82. The molecule has 0 unspecified atom stereocenters. The highest BCUT2D eigenvalue weighted by molar-refractivity contribution is 6.05. The smallest absolute Gasteiger partial charge is 0.335 e. The molecule has 0 aliphatic carbocycles. The van der Waals surface area contributed by atoms with Crippen LogP contribution in [-0.4, -0.2) is 34.3 Å². The Morgan fingerprint density at radius 1 is 1.14 bits per heavy atom. The van der Waals surface area contributed by atoms with Gasteiger partial charge in [0.05, 0.1) is 5.92 Å². The zero-order chi connectivity index (χ0) is 21.1. The van der Waals surface area contributed by atoms with Crippen molar-refractivity contribution in [3.8, 4) is 0 Å². The van der Waals surface area contributed by atoms with Crippen LogP contribution in [0.4, 0.5) is 0 Å². The predicted molar refractivity (Wildman–Crippen MR) is 112 cm³/mol. The second kappa shape index (κ2) is 8.15. The van der Waals surface area contributed by atoms with E-state index in [4.69, 9.17) is 9.73 Å². The fraction of sp³-hybridized carbons (Fsp3) is 0.391. The van der Waals surface area contributed by atoms with E-state index in [1.165, 1.54) is 0 Å². The van der Waals surface area contributed by atoms with Crippen LogP contribution in [0.1, 0.15) is 50.7 Å². The Labute approximate surface area is 170 Å². The number of nitro groups is 1. The third-order valence-corrected chi connectivity index (χ3v) is 5.05. The molecule has 0 N–H and O–H groups in total. The molecule has 2 atom stereocenters. The van der Waals surface area contributed by atoms with E-state index in [0.717, 1.165) is 11.3 Å². The molecule has 6 nitrogen and oxygen atoms in total. The molecule has 2 aromatic rings. The van der Waals surface area contributed by atoms with Crippen LogP contribution >= 0.6 is 0 Å². The lowest BCUT2D eigenvalue weighted by Crippen LogP contribution is -2.47. The fourth-order valence-electron chi connectivity index (χ4n) is 3.78. The summed E-state index contributed by atoms with van der Waals surface area (Å²) in [4.78, 5) is 29.4. The maximum Gasteiger partial charge on any atom is 0.335 e. The molecule has 1 aliphatic rings. The molecule has 29 heavy (non-hydrogen) atoms. The fourth-order valence-corrected chi connectivity index (χ4v) is 3.78. The summed E-state index contributed by atoms with van der Waals surface area (Å²) < 4.78 is 5.72. The lowest BCUT2D eigenvalue weighted by molar-refractivity contribution is -0.484. The highest BCUT2D eigenvalue weighted by atomic mass is 16.6. The minimum absolute atomic E-state index is 0.375. The van der Waals surface area contributed by atoms with Crippen LogP contribution in [0.3, 0.4) is 0 Å². The van der Waals surface area contributed by atoms with E-state index in [1.54, 1.807) is 20.8 Å². The van der Waals surface area contributed by atoms with Crippen molar-refractivity contribution in [1.29, 1.82) is 0 Å². The van der Waals surface area contributed by atoms with Crippen molar-refractivity contribution in [3.63, 3.8) is 0 Å². The first-order valence-corrected chi connectivity index (χ1v) is 9.76. The van der Waals surface area contributed by atoms with Crippen LogP contribution in [0.25, 0.3) is 0 Å². The van der Waals surface area contributed by atoms with Crippen molar-refractivity contribution in [2.45, 2.75) is 50.7 Å². The van der Waals surface area contributed by atoms with E-state index < -0.39 is 29.6 Å². The van der Waals surface area contributed by atoms with E-state index >= 15 is 0 Å². The molecular weight excluding hydrogens is 368 g/mol. The van der Waals surface area contributed by atoms with E-state index in [0.29, 0.717) is 18.4 Å². The van der Waals surface area contributed by atoms with Crippen molar-refractivity contribution in [2.75, 3.05) is 6.54 Å². The molecule has 0 aromatic heterocycles. The summed E-state index contributed by atoms with van der Waals surface area (Å²) in [6, 6.07) is 18.7. The molecule has 0 radical (unpaired) electrons. The number of carbonyl (C=O) groups excluding carboxylic acids is 1. The van der Waals surface area contributed by atoms with Gasteiger partial charge in [-0.05, 0) is 44.7 Å². The van der Waals surface area contributed by atoms with Crippen LogP contribution in [0, 0.1) is 10.1 Å². The number of carbonyl (C=O) groups is 1. The standard InChI is InChI=1S/C23H26N2O4/c1-22(2,3)29-21(26)23(15-14-20(24-23)18-12-8-5-9-13-18)19(16-25(27)28)17-10-6-4-7-11-17/h4-13,19H,14-16H2,1-3H3/t19-,23+/m0/s1. The summed E-state index contributed by atoms with van der Waals surface area (Å²) >= 11 is 0. The molecule has 3 rings (SSSR count).